The summed E-state index contributed by atoms with van der Waals surface area (Å²) in [7, 11) is 1.70. The third kappa shape index (κ3) is 8.02. The molecule has 44 heavy (non-hydrogen) atoms. The van der Waals surface area contributed by atoms with Crippen molar-refractivity contribution in [3.05, 3.63) is 120 Å². The minimum absolute atomic E-state index is 0.0453. The Morgan fingerprint density at radius 1 is 0.909 bits per heavy atom. The number of fused-ring (bicyclic) bond motifs is 1. The first kappa shape index (κ1) is 30.8. The average molecular weight is 591 g/mol. The van der Waals surface area contributed by atoms with E-state index < -0.39 is 6.04 Å². The minimum atomic E-state index is -0.391. The Bertz CT molecular complexity index is 1500. The van der Waals surface area contributed by atoms with Gasteiger partial charge in [-0.1, -0.05) is 91.0 Å². The summed E-state index contributed by atoms with van der Waals surface area (Å²) in [5.41, 5.74) is 2.97. The van der Waals surface area contributed by atoms with E-state index >= 15 is 0 Å². The Kier molecular flexibility index (Phi) is 10.6. The first-order chi connectivity index (χ1) is 21.5. The summed E-state index contributed by atoms with van der Waals surface area (Å²) in [5, 5.41) is 22.4. The SMILES string of the molecule is CNC(=N)NCCC[C@@H]1NC(CNC(=O)c2ccc3ccccc3c2)CCN(CC(c2ccccc2)c2ccccc2)C1=O. The van der Waals surface area contributed by atoms with Crippen LogP contribution in [0, 0.1) is 5.41 Å². The second kappa shape index (κ2) is 15.2. The van der Waals surface area contributed by atoms with Crippen molar-refractivity contribution in [2.24, 2.45) is 0 Å². The third-order valence-corrected chi connectivity index (χ3v) is 8.34. The molecule has 228 valence electrons. The molecule has 1 saturated heterocycles. The fourth-order valence-corrected chi connectivity index (χ4v) is 5.88. The van der Waals surface area contributed by atoms with Gasteiger partial charge in [-0.2, -0.15) is 0 Å². The maximum Gasteiger partial charge on any atom is 0.251 e. The van der Waals surface area contributed by atoms with Gasteiger partial charge in [0.25, 0.3) is 5.91 Å². The molecule has 1 fully saturated rings. The molecule has 8 nitrogen and oxygen atoms in total. The second-order valence-electron chi connectivity index (χ2n) is 11.3. The smallest absolute Gasteiger partial charge is 0.251 e. The zero-order valence-corrected chi connectivity index (χ0v) is 25.3. The standard InChI is InChI=1S/C36H42N6O2/c1-38-36(37)39-21-10-17-33-35(44)42(25-32(27-12-4-2-5-13-27)28-14-6-3-7-15-28)22-20-31(41-33)24-40-34(43)30-19-18-26-11-8-9-16-29(26)23-30/h2-9,11-16,18-19,23,31-33,41H,10,17,20-22,24-25H2,1H3,(H,40,43)(H3,37,38,39)/t31?,33-/m0/s1. The van der Waals surface area contributed by atoms with Crippen LogP contribution >= 0.6 is 0 Å². The number of rotatable bonds is 11. The lowest BCUT2D eigenvalue weighted by Gasteiger charge is -2.29. The van der Waals surface area contributed by atoms with E-state index in [1.54, 1.807) is 7.05 Å². The molecule has 8 heteroatoms. The van der Waals surface area contributed by atoms with Crippen LogP contribution in [0.3, 0.4) is 0 Å². The maximum absolute atomic E-state index is 14.1. The van der Waals surface area contributed by atoms with E-state index in [1.165, 1.54) is 11.1 Å². The topological polar surface area (TPSA) is 109 Å². The van der Waals surface area contributed by atoms with E-state index in [-0.39, 0.29) is 29.7 Å². The molecule has 0 spiro atoms. The van der Waals surface area contributed by atoms with Gasteiger partial charge in [0.05, 0.1) is 6.04 Å². The minimum Gasteiger partial charge on any atom is -0.360 e. The molecule has 1 aliphatic heterocycles. The van der Waals surface area contributed by atoms with Crippen molar-refractivity contribution in [1.82, 2.24) is 26.2 Å². The molecule has 0 radical (unpaired) electrons. The molecular weight excluding hydrogens is 548 g/mol. The van der Waals surface area contributed by atoms with Crippen molar-refractivity contribution in [3.8, 4) is 0 Å². The van der Waals surface area contributed by atoms with Gasteiger partial charge in [-0.05, 0) is 53.3 Å². The number of hydrogen-bond acceptors (Lipinski definition) is 4. The lowest BCUT2D eigenvalue weighted by molar-refractivity contribution is -0.133. The summed E-state index contributed by atoms with van der Waals surface area (Å²) < 4.78 is 0. The number of hydrogen-bond donors (Lipinski definition) is 5. The number of guanidine groups is 1. The molecule has 2 atom stereocenters. The highest BCUT2D eigenvalue weighted by Gasteiger charge is 2.32. The van der Waals surface area contributed by atoms with Crippen molar-refractivity contribution < 1.29 is 9.59 Å². The van der Waals surface area contributed by atoms with Crippen LogP contribution in [0.25, 0.3) is 10.8 Å². The van der Waals surface area contributed by atoms with Gasteiger partial charge in [0.15, 0.2) is 5.96 Å². The van der Waals surface area contributed by atoms with Gasteiger partial charge in [-0.25, -0.2) is 0 Å². The van der Waals surface area contributed by atoms with Gasteiger partial charge >= 0.3 is 0 Å². The molecule has 4 aromatic rings. The average Bonchev–Trinajstić information content (AvgIpc) is 3.22. The van der Waals surface area contributed by atoms with E-state index in [0.29, 0.717) is 38.2 Å². The second-order valence-corrected chi connectivity index (χ2v) is 11.3. The fourth-order valence-electron chi connectivity index (χ4n) is 5.88. The highest BCUT2D eigenvalue weighted by atomic mass is 16.2. The molecule has 5 N–H and O–H groups in total. The number of carbonyl (C=O) groups excluding carboxylic acids is 2. The fraction of sp³-hybridized carbons (Fsp3) is 0.306. The summed E-state index contributed by atoms with van der Waals surface area (Å²) in [5.74, 6) is 0.261. The van der Waals surface area contributed by atoms with Gasteiger partial charge in [0.2, 0.25) is 5.91 Å². The molecular formula is C36H42N6O2. The molecule has 4 aromatic carbocycles. The van der Waals surface area contributed by atoms with E-state index in [9.17, 15) is 9.59 Å². The predicted octanol–water partition coefficient (Wildman–Crippen LogP) is 4.48. The van der Waals surface area contributed by atoms with Crippen LogP contribution in [0.15, 0.2) is 103 Å². The van der Waals surface area contributed by atoms with Crippen LogP contribution < -0.4 is 21.3 Å². The van der Waals surface area contributed by atoms with Crippen LogP contribution in [0.2, 0.25) is 0 Å². The molecule has 0 aromatic heterocycles. The van der Waals surface area contributed by atoms with E-state index in [4.69, 9.17) is 5.41 Å². The molecule has 0 saturated carbocycles. The first-order valence-electron chi connectivity index (χ1n) is 15.4. The lowest BCUT2D eigenvalue weighted by Crippen LogP contribution is -2.49. The van der Waals surface area contributed by atoms with Crippen LogP contribution in [0.5, 0.6) is 0 Å². The number of nitrogens with zero attached hydrogens (tertiary/aromatic N) is 1. The molecule has 1 unspecified atom stereocenters. The van der Waals surface area contributed by atoms with Crippen LogP contribution in [0.4, 0.5) is 0 Å². The Balaban J connectivity index is 1.30. The number of amides is 2. The molecule has 2 amide bonds. The third-order valence-electron chi connectivity index (χ3n) is 8.34. The van der Waals surface area contributed by atoms with Crippen molar-refractivity contribution >= 4 is 28.5 Å². The zero-order chi connectivity index (χ0) is 30.7. The van der Waals surface area contributed by atoms with Gasteiger partial charge < -0.3 is 26.2 Å². The van der Waals surface area contributed by atoms with Crippen molar-refractivity contribution in [2.75, 3.05) is 33.2 Å². The normalized spacial score (nSPS) is 16.9. The molecule has 5 rings (SSSR count). The Labute approximate surface area is 259 Å². The Hall–Kier alpha value is -4.69. The maximum atomic E-state index is 14.1. The summed E-state index contributed by atoms with van der Waals surface area (Å²) in [6.07, 6.45) is 2.06. The van der Waals surface area contributed by atoms with Gasteiger partial charge in [-0.15, -0.1) is 0 Å². The molecule has 1 aliphatic rings. The Morgan fingerprint density at radius 3 is 2.25 bits per heavy atom. The van der Waals surface area contributed by atoms with Crippen molar-refractivity contribution in [3.63, 3.8) is 0 Å². The van der Waals surface area contributed by atoms with Crippen molar-refractivity contribution in [2.45, 2.75) is 37.3 Å². The quantitative estimate of drug-likeness (QED) is 0.101. The zero-order valence-electron chi connectivity index (χ0n) is 25.3. The van der Waals surface area contributed by atoms with Crippen molar-refractivity contribution in [1.29, 1.82) is 5.41 Å². The molecule has 0 bridgehead atoms. The Morgan fingerprint density at radius 2 is 1.57 bits per heavy atom. The van der Waals surface area contributed by atoms with Gasteiger partial charge in [0, 0.05) is 50.7 Å². The molecule has 1 heterocycles. The van der Waals surface area contributed by atoms with Gasteiger partial charge in [0.1, 0.15) is 0 Å². The monoisotopic (exact) mass is 590 g/mol. The predicted molar refractivity (Wildman–Crippen MR) is 177 cm³/mol. The number of carbonyl (C=O) groups is 2. The number of nitrogens with one attached hydrogen (secondary N) is 5. The van der Waals surface area contributed by atoms with E-state index in [2.05, 4.69) is 45.5 Å². The number of benzene rings is 4. The highest BCUT2D eigenvalue weighted by Crippen LogP contribution is 2.27. The first-order valence-corrected chi connectivity index (χ1v) is 15.4. The van der Waals surface area contributed by atoms with Crippen LogP contribution in [-0.2, 0) is 4.79 Å². The summed E-state index contributed by atoms with van der Waals surface area (Å²) >= 11 is 0. The largest absolute Gasteiger partial charge is 0.360 e. The lowest BCUT2D eigenvalue weighted by atomic mass is 9.90. The van der Waals surface area contributed by atoms with E-state index in [1.807, 2.05) is 83.8 Å². The van der Waals surface area contributed by atoms with Crippen LogP contribution in [-0.4, -0.2) is 68.0 Å². The summed E-state index contributed by atoms with van der Waals surface area (Å²) in [4.78, 5) is 29.2. The van der Waals surface area contributed by atoms with Crippen LogP contribution in [0.1, 0.15) is 46.7 Å². The van der Waals surface area contributed by atoms with E-state index in [0.717, 1.165) is 23.6 Å². The summed E-state index contributed by atoms with van der Waals surface area (Å²) in [6, 6.07) is 34.0. The molecule has 0 aliphatic carbocycles. The highest BCUT2D eigenvalue weighted by molar-refractivity contribution is 5.98. The summed E-state index contributed by atoms with van der Waals surface area (Å²) in [6.45, 7) is 2.18. The van der Waals surface area contributed by atoms with Gasteiger partial charge in [-0.3, -0.25) is 15.0 Å².